The summed E-state index contributed by atoms with van der Waals surface area (Å²) in [5, 5.41) is 7.57. The number of hydrogen-bond donors (Lipinski definition) is 2. The molecule has 8 nitrogen and oxygen atoms in total. The van der Waals surface area contributed by atoms with Crippen LogP contribution in [0.4, 0.5) is 5.13 Å². The first-order valence-electron chi connectivity index (χ1n) is 8.07. The van der Waals surface area contributed by atoms with Gasteiger partial charge in [-0.15, -0.1) is 11.3 Å². The van der Waals surface area contributed by atoms with Crippen LogP contribution in [0.15, 0.2) is 48.1 Å². The average Bonchev–Trinajstić information content (AvgIpc) is 3.13. The molecule has 3 rings (SSSR count). The third kappa shape index (κ3) is 5.08. The number of benzene rings is 1. The number of carbonyl (C=O) groups is 2. The monoisotopic (exact) mass is 383 g/mol. The maximum absolute atomic E-state index is 12.1. The van der Waals surface area contributed by atoms with Gasteiger partial charge in [-0.1, -0.05) is 18.2 Å². The second-order valence-corrected chi connectivity index (χ2v) is 6.29. The van der Waals surface area contributed by atoms with E-state index >= 15 is 0 Å². The van der Waals surface area contributed by atoms with Gasteiger partial charge in [0.1, 0.15) is 5.75 Å². The third-order valence-electron chi connectivity index (χ3n) is 3.55. The van der Waals surface area contributed by atoms with Crippen LogP contribution in [-0.4, -0.2) is 33.9 Å². The molecule has 1 aromatic carbocycles. The lowest BCUT2D eigenvalue weighted by molar-refractivity contribution is -0.120. The fourth-order valence-electron chi connectivity index (χ4n) is 2.28. The molecule has 0 bridgehead atoms. The van der Waals surface area contributed by atoms with Crippen LogP contribution in [0.2, 0.25) is 0 Å². The van der Waals surface area contributed by atoms with E-state index in [-0.39, 0.29) is 18.2 Å². The van der Waals surface area contributed by atoms with E-state index in [0.717, 1.165) is 11.3 Å². The number of carbonyl (C=O) groups excluding carboxylic acids is 2. The number of para-hydroxylation sites is 1. The Hall–Kier alpha value is -3.33. The molecule has 27 heavy (non-hydrogen) atoms. The Kier molecular flexibility index (Phi) is 6.06. The maximum atomic E-state index is 12.1. The molecule has 0 aliphatic rings. The molecule has 0 unspecified atom stereocenters. The van der Waals surface area contributed by atoms with Crippen molar-refractivity contribution >= 4 is 28.3 Å². The smallest absolute Gasteiger partial charge is 0.295 e. The lowest BCUT2D eigenvalue weighted by Gasteiger charge is -2.09. The van der Waals surface area contributed by atoms with E-state index in [2.05, 4.69) is 25.6 Å². The average molecular weight is 383 g/mol. The first-order chi connectivity index (χ1) is 13.2. The number of aromatic nitrogens is 3. The minimum absolute atomic E-state index is 0.0591. The lowest BCUT2D eigenvalue weighted by Crippen LogP contribution is -2.25. The molecule has 0 atom stereocenters. The van der Waals surface area contributed by atoms with Gasteiger partial charge >= 0.3 is 0 Å². The summed E-state index contributed by atoms with van der Waals surface area (Å²) in [6.45, 7) is 0.363. The number of rotatable bonds is 7. The predicted octanol–water partition coefficient (Wildman–Crippen LogP) is 2.05. The van der Waals surface area contributed by atoms with E-state index in [0.29, 0.717) is 17.4 Å². The molecule has 0 aliphatic carbocycles. The summed E-state index contributed by atoms with van der Waals surface area (Å²) in [6.07, 6.45) is 3.09. The van der Waals surface area contributed by atoms with Crippen LogP contribution in [0.1, 0.15) is 21.9 Å². The predicted molar refractivity (Wildman–Crippen MR) is 101 cm³/mol. The van der Waals surface area contributed by atoms with Crippen LogP contribution in [0, 0.1) is 0 Å². The quantitative estimate of drug-likeness (QED) is 0.647. The second kappa shape index (κ2) is 8.86. The van der Waals surface area contributed by atoms with Gasteiger partial charge in [-0.2, -0.15) is 0 Å². The van der Waals surface area contributed by atoms with Crippen molar-refractivity contribution in [3.63, 3.8) is 0 Å². The van der Waals surface area contributed by atoms with Crippen molar-refractivity contribution in [3.05, 3.63) is 65.2 Å². The number of amides is 2. The van der Waals surface area contributed by atoms with Crippen LogP contribution in [0.3, 0.4) is 0 Å². The molecule has 2 N–H and O–H groups in total. The zero-order valence-electron chi connectivity index (χ0n) is 14.5. The Bertz CT molecular complexity index is 930. The Morgan fingerprint density at radius 1 is 1.15 bits per heavy atom. The molecule has 3 aromatic rings. The number of ether oxygens (including phenoxy) is 1. The zero-order chi connectivity index (χ0) is 19.1. The van der Waals surface area contributed by atoms with Gasteiger partial charge in [-0.05, 0) is 12.1 Å². The van der Waals surface area contributed by atoms with Gasteiger partial charge in [-0.3, -0.25) is 14.9 Å². The number of methoxy groups -OCH3 is 1. The van der Waals surface area contributed by atoms with E-state index in [4.69, 9.17) is 4.74 Å². The molecule has 2 aromatic heterocycles. The highest BCUT2D eigenvalue weighted by molar-refractivity contribution is 7.14. The SMILES string of the molecule is COc1ccccc1CNC(=O)Cc1csc(NC(=O)c2ncccn2)n1. The van der Waals surface area contributed by atoms with Crippen LogP contribution in [0.25, 0.3) is 0 Å². The topological polar surface area (TPSA) is 106 Å². The van der Waals surface area contributed by atoms with Gasteiger partial charge in [0.25, 0.3) is 5.91 Å². The summed E-state index contributed by atoms with van der Waals surface area (Å²) in [5.74, 6) is 0.163. The number of nitrogens with zero attached hydrogens (tertiary/aromatic N) is 3. The van der Waals surface area contributed by atoms with Crippen LogP contribution in [-0.2, 0) is 17.8 Å². The molecule has 9 heteroatoms. The fourth-order valence-corrected chi connectivity index (χ4v) is 2.99. The number of thiazole rings is 1. The first kappa shape index (κ1) is 18.5. The summed E-state index contributed by atoms with van der Waals surface area (Å²) < 4.78 is 5.26. The van der Waals surface area contributed by atoms with Gasteiger partial charge in [0.2, 0.25) is 11.7 Å². The highest BCUT2D eigenvalue weighted by Crippen LogP contribution is 2.18. The zero-order valence-corrected chi connectivity index (χ0v) is 15.3. The molecule has 0 saturated heterocycles. The van der Waals surface area contributed by atoms with Gasteiger partial charge in [0.15, 0.2) is 5.13 Å². The van der Waals surface area contributed by atoms with Crippen molar-refractivity contribution in [1.29, 1.82) is 0 Å². The normalized spacial score (nSPS) is 10.3. The highest BCUT2D eigenvalue weighted by Gasteiger charge is 2.13. The van der Waals surface area contributed by atoms with Crippen molar-refractivity contribution in [2.24, 2.45) is 0 Å². The maximum Gasteiger partial charge on any atom is 0.295 e. The second-order valence-electron chi connectivity index (χ2n) is 5.44. The van der Waals surface area contributed by atoms with Crippen LogP contribution < -0.4 is 15.4 Å². The molecular weight excluding hydrogens is 366 g/mol. The third-order valence-corrected chi connectivity index (χ3v) is 4.36. The van der Waals surface area contributed by atoms with E-state index < -0.39 is 5.91 Å². The van der Waals surface area contributed by atoms with Crippen molar-refractivity contribution in [1.82, 2.24) is 20.3 Å². The summed E-state index contributed by atoms with van der Waals surface area (Å²) in [7, 11) is 1.59. The fraction of sp³-hybridized carbons (Fsp3) is 0.167. The van der Waals surface area contributed by atoms with Crippen LogP contribution in [0.5, 0.6) is 5.75 Å². The largest absolute Gasteiger partial charge is 0.496 e. The van der Waals surface area contributed by atoms with Gasteiger partial charge < -0.3 is 10.1 Å². The minimum Gasteiger partial charge on any atom is -0.496 e. The van der Waals surface area contributed by atoms with Crippen molar-refractivity contribution < 1.29 is 14.3 Å². The number of nitrogens with one attached hydrogen (secondary N) is 2. The summed E-state index contributed by atoms with van der Waals surface area (Å²) in [5.41, 5.74) is 1.46. The molecule has 0 radical (unpaired) electrons. The number of hydrogen-bond acceptors (Lipinski definition) is 7. The lowest BCUT2D eigenvalue weighted by atomic mass is 10.2. The standard InChI is InChI=1S/C18H17N5O3S/c1-26-14-6-3-2-5-12(14)10-21-15(24)9-13-11-27-18(22-13)23-17(25)16-19-7-4-8-20-16/h2-8,11H,9-10H2,1H3,(H,21,24)(H,22,23,25). The first-order valence-corrected chi connectivity index (χ1v) is 8.95. The molecule has 0 fully saturated rings. The summed E-state index contributed by atoms with van der Waals surface area (Å²) in [4.78, 5) is 36.2. The molecule has 138 valence electrons. The van der Waals surface area contributed by atoms with Gasteiger partial charge in [0.05, 0.1) is 19.2 Å². The molecule has 2 amide bonds. The Labute approximate surface area is 159 Å². The van der Waals surface area contributed by atoms with E-state index in [1.165, 1.54) is 23.7 Å². The highest BCUT2D eigenvalue weighted by atomic mass is 32.1. The molecule has 2 heterocycles. The van der Waals surface area contributed by atoms with Crippen LogP contribution >= 0.6 is 11.3 Å². The van der Waals surface area contributed by atoms with Crippen molar-refractivity contribution in [3.8, 4) is 5.75 Å². The Balaban J connectivity index is 1.53. The molecule has 0 aliphatic heterocycles. The van der Waals surface area contributed by atoms with E-state index in [1.54, 1.807) is 18.6 Å². The van der Waals surface area contributed by atoms with E-state index in [1.807, 2.05) is 24.3 Å². The number of anilines is 1. The summed E-state index contributed by atoms with van der Waals surface area (Å²) >= 11 is 1.24. The Morgan fingerprint density at radius 3 is 2.70 bits per heavy atom. The minimum atomic E-state index is -0.447. The summed E-state index contributed by atoms with van der Waals surface area (Å²) in [6, 6.07) is 9.11. The Morgan fingerprint density at radius 2 is 1.93 bits per heavy atom. The van der Waals surface area contributed by atoms with Gasteiger partial charge in [0, 0.05) is 29.9 Å². The molecule has 0 spiro atoms. The van der Waals surface area contributed by atoms with E-state index in [9.17, 15) is 9.59 Å². The molecular formula is C18H17N5O3S. The van der Waals surface area contributed by atoms with Crippen molar-refractivity contribution in [2.75, 3.05) is 12.4 Å². The van der Waals surface area contributed by atoms with Crippen molar-refractivity contribution in [2.45, 2.75) is 13.0 Å². The van der Waals surface area contributed by atoms with Gasteiger partial charge in [-0.25, -0.2) is 15.0 Å². The molecule has 0 saturated carbocycles.